The zero-order valence-electron chi connectivity index (χ0n) is 58.8. The number of nitriles is 2. The molecular weight excluding hydrogens is 1290 g/mol. The van der Waals surface area contributed by atoms with Crippen LogP contribution in [0.1, 0.15) is 222 Å². The van der Waals surface area contributed by atoms with Gasteiger partial charge in [-0.25, -0.2) is 13.6 Å². The fourth-order valence-corrected chi connectivity index (χ4v) is 11.7. The largest absolute Gasteiger partial charge is 0.478 e. The predicted octanol–water partition coefficient (Wildman–Crippen LogP) is 16.1. The third-order valence-corrected chi connectivity index (χ3v) is 18.4. The van der Waals surface area contributed by atoms with E-state index in [4.69, 9.17) is 42.7 Å². The summed E-state index contributed by atoms with van der Waals surface area (Å²) < 4.78 is 31.2. The Bertz CT molecular complexity index is 3870. The minimum absolute atomic E-state index is 0.0586. The van der Waals surface area contributed by atoms with Crippen LogP contribution < -0.4 is 11.1 Å². The number of aromatic carboxylic acids is 1. The second kappa shape index (κ2) is 39.8. The van der Waals surface area contributed by atoms with E-state index in [1.165, 1.54) is 46.5 Å². The molecule has 0 spiro atoms. The first-order valence-corrected chi connectivity index (χ1v) is 34.7. The average Bonchev–Trinajstić information content (AvgIpc) is 1.69. The zero-order valence-corrected chi connectivity index (χ0v) is 59.6. The Morgan fingerprint density at radius 2 is 0.960 bits per heavy atom. The first-order valence-electron chi connectivity index (χ1n) is 34.3. The minimum Gasteiger partial charge on any atom is -0.478 e. The third-order valence-electron chi connectivity index (χ3n) is 18.2. The number of nitrogens with two attached hydrogens (primary N) is 1. The molecular formula is C79H95ClF2N10O8. The molecule has 6 aromatic carbocycles. The molecule has 18 nitrogen and oxygen atoms in total. The van der Waals surface area contributed by atoms with E-state index in [2.05, 4.69) is 88.1 Å². The van der Waals surface area contributed by atoms with Crippen LogP contribution in [0.5, 0.6) is 0 Å². The van der Waals surface area contributed by atoms with Crippen molar-refractivity contribution >= 4 is 46.4 Å². The summed E-state index contributed by atoms with van der Waals surface area (Å²) in [4.78, 5) is 68.7. The Hall–Kier alpha value is -9.63. The standard InChI is InChI=1S/C23H24FN3O2.C16H23N3O2.C16H20N2O.C10H12O2.C8H6ClFO.C6H10N2/c1-15(2)16-6-8-18(9-7-16)23(28)27-12-10-17(11-13-27)21-25-22(29-26-21)19-4-3-5-20(24)14-19;1-11(2)12-3-5-14(6-4-12)16(20)19-9-7-13(8-10-19)15(17)18-21;1-12(2)14-3-5-15(6-4-14)16(19)18-9-7-13(11-17)8-10-18;1-7(2)8-3-5-9(6-4-8)10(11)12;1-5-2-3-6(10)4-7(5)8(9)11;7-5-6-1-3-8-4-2-6/h3-9,14-15,17H,10-13H2,1-2H3;3-6,11,13,21H,7-10H2,1-2H3,(H2,17,18);3-6,12-13H,7-10H2,1-2H3;3-7H,1-2H3,(H,11,12);2-4H,1H3;6,8H,1-4H2. The zero-order chi connectivity index (χ0) is 73.0. The molecule has 4 aliphatic heterocycles. The normalized spacial score (nSPS) is 15.2. The van der Waals surface area contributed by atoms with Crippen molar-refractivity contribution in [2.45, 2.75) is 143 Å². The van der Waals surface area contributed by atoms with Crippen molar-refractivity contribution in [2.24, 2.45) is 28.6 Å². The summed E-state index contributed by atoms with van der Waals surface area (Å²) in [5, 5.41) is 44.3. The molecule has 0 atom stereocenters. The molecule has 530 valence electrons. The van der Waals surface area contributed by atoms with E-state index >= 15 is 0 Å². The molecule has 11 rings (SSSR count). The van der Waals surface area contributed by atoms with Crippen LogP contribution in [-0.2, 0) is 0 Å². The highest BCUT2D eigenvalue weighted by molar-refractivity contribution is 6.67. The molecule has 4 fully saturated rings. The first kappa shape index (κ1) is 79.4. The van der Waals surface area contributed by atoms with Crippen LogP contribution >= 0.6 is 11.6 Å². The monoisotopic (exact) mass is 1380 g/mol. The molecule has 0 bridgehead atoms. The molecule has 100 heavy (non-hydrogen) atoms. The van der Waals surface area contributed by atoms with Gasteiger partial charge in [-0.2, -0.15) is 15.5 Å². The molecule has 21 heteroatoms. The van der Waals surface area contributed by atoms with E-state index in [9.17, 15) is 32.8 Å². The Kier molecular flexibility index (Phi) is 31.6. The van der Waals surface area contributed by atoms with Crippen molar-refractivity contribution < 1.29 is 47.6 Å². The van der Waals surface area contributed by atoms with Crippen molar-refractivity contribution in [1.82, 2.24) is 30.2 Å². The second-order valence-corrected chi connectivity index (χ2v) is 27.0. The number of oxime groups is 1. The maximum absolute atomic E-state index is 13.4. The summed E-state index contributed by atoms with van der Waals surface area (Å²) in [6, 6.07) is 45.2. The molecule has 5 heterocycles. The molecule has 1 aromatic heterocycles. The number of hydrogen-bond donors (Lipinski definition) is 4. The van der Waals surface area contributed by atoms with Crippen LogP contribution in [0.3, 0.4) is 0 Å². The van der Waals surface area contributed by atoms with E-state index < -0.39 is 17.0 Å². The molecule has 4 aliphatic rings. The number of carboxylic acids is 1. The number of aryl methyl sites for hydroxylation is 1. The smallest absolute Gasteiger partial charge is 0.335 e. The van der Waals surface area contributed by atoms with Gasteiger partial charge >= 0.3 is 5.97 Å². The number of carboxylic acid groups (broad SMARTS) is 1. The predicted molar refractivity (Wildman–Crippen MR) is 385 cm³/mol. The maximum atomic E-state index is 13.4. The summed E-state index contributed by atoms with van der Waals surface area (Å²) in [6.07, 6.45) is 6.71. The first-order chi connectivity index (χ1) is 47.8. The van der Waals surface area contributed by atoms with Gasteiger partial charge in [0.05, 0.1) is 17.7 Å². The number of carbonyl (C=O) groups excluding carboxylic acids is 4. The number of rotatable bonds is 12. The van der Waals surface area contributed by atoms with E-state index in [-0.39, 0.29) is 52.7 Å². The van der Waals surface area contributed by atoms with Gasteiger partial charge in [0.15, 0.2) is 5.82 Å². The lowest BCUT2D eigenvalue weighted by atomic mass is 9.95. The number of halogens is 3. The number of benzene rings is 6. The van der Waals surface area contributed by atoms with Crippen molar-refractivity contribution in [3.8, 4) is 23.6 Å². The summed E-state index contributed by atoms with van der Waals surface area (Å²) in [6.45, 7) is 24.7. The van der Waals surface area contributed by atoms with Crippen molar-refractivity contribution in [3.05, 3.63) is 213 Å². The van der Waals surface area contributed by atoms with Crippen LogP contribution in [0.25, 0.3) is 11.5 Å². The lowest BCUT2D eigenvalue weighted by Gasteiger charge is -2.31. The highest BCUT2D eigenvalue weighted by atomic mass is 35.5. The highest BCUT2D eigenvalue weighted by Crippen LogP contribution is 2.30. The number of nitrogens with one attached hydrogen (secondary N) is 1. The van der Waals surface area contributed by atoms with Gasteiger partial charge < -0.3 is 40.6 Å². The molecule has 7 aromatic rings. The van der Waals surface area contributed by atoms with Crippen molar-refractivity contribution in [2.75, 3.05) is 52.4 Å². The molecule has 3 amide bonds. The summed E-state index contributed by atoms with van der Waals surface area (Å²) >= 11 is 5.17. The molecule has 5 N–H and O–H groups in total. The van der Waals surface area contributed by atoms with E-state index in [0.717, 1.165) is 87.2 Å². The van der Waals surface area contributed by atoms with Gasteiger partial charge in [0, 0.05) is 90.8 Å². The summed E-state index contributed by atoms with van der Waals surface area (Å²) in [7, 11) is 0. The number of nitrogens with zero attached hydrogens (tertiary/aromatic N) is 8. The highest BCUT2D eigenvalue weighted by Gasteiger charge is 2.30. The van der Waals surface area contributed by atoms with Crippen molar-refractivity contribution in [3.63, 3.8) is 0 Å². The Labute approximate surface area is 592 Å². The van der Waals surface area contributed by atoms with Crippen LogP contribution in [0, 0.1) is 59.0 Å². The number of amidine groups is 1. The number of amides is 3. The van der Waals surface area contributed by atoms with Crippen LogP contribution in [0.15, 0.2) is 149 Å². The molecule has 0 unspecified atom stereocenters. The fraction of sp³-hybridized carbons (Fsp3) is 0.418. The number of likely N-dealkylation sites (tertiary alicyclic amines) is 3. The topological polar surface area (TPSA) is 272 Å². The Morgan fingerprint density at radius 3 is 1.32 bits per heavy atom. The fourth-order valence-electron chi connectivity index (χ4n) is 11.5. The van der Waals surface area contributed by atoms with Gasteiger partial charge in [0.1, 0.15) is 17.5 Å². The van der Waals surface area contributed by atoms with Crippen LogP contribution in [0.2, 0.25) is 0 Å². The number of aromatic nitrogens is 2. The van der Waals surface area contributed by atoms with Gasteiger partial charge in [0.2, 0.25) is 0 Å². The lowest BCUT2D eigenvalue weighted by molar-refractivity contribution is 0.0689. The Morgan fingerprint density at radius 1 is 0.570 bits per heavy atom. The number of hydrogen-bond acceptors (Lipinski definition) is 13. The number of carbonyl (C=O) groups is 5. The van der Waals surface area contributed by atoms with E-state index in [1.54, 1.807) is 31.2 Å². The van der Waals surface area contributed by atoms with Gasteiger partial charge in [-0.05, 0) is 213 Å². The quantitative estimate of drug-likeness (QED) is 0.0291. The minimum atomic E-state index is -0.870. The Balaban J connectivity index is 0.000000198. The second-order valence-electron chi connectivity index (χ2n) is 26.6. The number of piperidine rings is 4. The lowest BCUT2D eigenvalue weighted by Crippen LogP contribution is -2.41. The van der Waals surface area contributed by atoms with Gasteiger partial charge in [0.25, 0.3) is 28.9 Å². The summed E-state index contributed by atoms with van der Waals surface area (Å²) in [5.41, 5.74) is 14.5. The van der Waals surface area contributed by atoms with Gasteiger partial charge in [-0.15, -0.1) is 0 Å². The average molecular weight is 1390 g/mol. The maximum Gasteiger partial charge on any atom is 0.335 e. The molecule has 0 saturated carbocycles. The molecule has 0 radical (unpaired) electrons. The summed E-state index contributed by atoms with van der Waals surface area (Å²) in [5.74, 6) is 2.27. The van der Waals surface area contributed by atoms with E-state index in [1.807, 2.05) is 99.6 Å². The van der Waals surface area contributed by atoms with Gasteiger partial charge in [-0.1, -0.05) is 126 Å². The SMILES string of the molecule is CC(C)c1ccc(C(=O)N2CCC(C#N)CC2)cc1.CC(C)c1ccc(C(=O)N2CCC(C(N)=NO)CC2)cc1.CC(C)c1ccc(C(=O)N2CCC(c3noc(-c4cccc(F)c4)n3)CC2)cc1.CC(C)c1ccc(C(=O)O)cc1.Cc1ccc(F)cc1C(=O)Cl.N#CC1CCNCC1. The molecule has 4 saturated heterocycles. The van der Waals surface area contributed by atoms with Crippen LogP contribution in [0.4, 0.5) is 8.78 Å². The van der Waals surface area contributed by atoms with Crippen LogP contribution in [-0.4, -0.2) is 122 Å². The van der Waals surface area contributed by atoms with Crippen molar-refractivity contribution in [1.29, 1.82) is 10.5 Å². The van der Waals surface area contributed by atoms with Gasteiger partial charge in [-0.3, -0.25) is 19.2 Å². The third kappa shape index (κ3) is 24.4. The molecule has 0 aliphatic carbocycles. The van der Waals surface area contributed by atoms with E-state index in [0.29, 0.717) is 97.3 Å².